The van der Waals surface area contributed by atoms with Gasteiger partial charge in [-0.15, -0.1) is 12.4 Å². The van der Waals surface area contributed by atoms with E-state index in [2.05, 4.69) is 22.3 Å². The van der Waals surface area contributed by atoms with Crippen molar-refractivity contribution in [2.45, 2.75) is 38.8 Å². The molecule has 1 amide bonds. The predicted octanol–water partition coefficient (Wildman–Crippen LogP) is 2.18. The summed E-state index contributed by atoms with van der Waals surface area (Å²) in [4.78, 5) is 14.4. The summed E-state index contributed by atoms with van der Waals surface area (Å²) in [5.41, 5.74) is 7.12. The highest BCUT2D eigenvalue weighted by molar-refractivity contribution is 5.85. The van der Waals surface area contributed by atoms with Gasteiger partial charge in [0.15, 0.2) is 0 Å². The van der Waals surface area contributed by atoms with Gasteiger partial charge < -0.3 is 16.0 Å². The van der Waals surface area contributed by atoms with Gasteiger partial charge >= 0.3 is 0 Å². The van der Waals surface area contributed by atoms with E-state index in [4.69, 9.17) is 5.73 Å². The van der Waals surface area contributed by atoms with Crippen molar-refractivity contribution in [3.63, 3.8) is 0 Å². The topological polar surface area (TPSA) is 58.4 Å². The van der Waals surface area contributed by atoms with E-state index < -0.39 is 6.04 Å². The molecule has 0 radical (unpaired) electrons. The molecule has 4 nitrogen and oxygen atoms in total. The van der Waals surface area contributed by atoms with E-state index in [-0.39, 0.29) is 30.3 Å². The van der Waals surface area contributed by atoms with Crippen molar-refractivity contribution in [2.75, 3.05) is 18.0 Å². The third kappa shape index (κ3) is 4.90. The molecule has 1 fully saturated rings. The maximum Gasteiger partial charge on any atom is 0.237 e. The first-order chi connectivity index (χ1) is 9.58. The average Bonchev–Trinajstić information content (AvgIpc) is 2.47. The quantitative estimate of drug-likeness (QED) is 0.896. The fourth-order valence-electron chi connectivity index (χ4n) is 2.57. The van der Waals surface area contributed by atoms with Crippen LogP contribution in [0, 0.1) is 5.92 Å². The number of hydrogen-bond acceptors (Lipinski definition) is 3. The lowest BCUT2D eigenvalue weighted by Crippen LogP contribution is -2.53. The third-order valence-corrected chi connectivity index (χ3v) is 3.91. The van der Waals surface area contributed by atoms with Gasteiger partial charge in [0.1, 0.15) is 0 Å². The first-order valence-corrected chi connectivity index (χ1v) is 7.44. The summed E-state index contributed by atoms with van der Waals surface area (Å²) in [6, 6.07) is 10.1. The molecular weight excluding hydrogens is 286 g/mol. The van der Waals surface area contributed by atoms with Crippen molar-refractivity contribution in [3.05, 3.63) is 30.3 Å². The third-order valence-electron chi connectivity index (χ3n) is 3.91. The van der Waals surface area contributed by atoms with Crippen LogP contribution in [0.1, 0.15) is 26.7 Å². The van der Waals surface area contributed by atoms with E-state index in [0.29, 0.717) is 0 Å². The molecule has 1 unspecified atom stereocenters. The Morgan fingerprint density at radius 3 is 2.62 bits per heavy atom. The second-order valence-corrected chi connectivity index (χ2v) is 5.90. The van der Waals surface area contributed by atoms with Gasteiger partial charge in [0.2, 0.25) is 5.91 Å². The number of benzene rings is 1. The molecule has 0 saturated carbocycles. The molecule has 2 atom stereocenters. The van der Waals surface area contributed by atoms with Crippen LogP contribution in [0.25, 0.3) is 0 Å². The lowest BCUT2D eigenvalue weighted by atomic mass is 10.0. The van der Waals surface area contributed by atoms with Crippen molar-refractivity contribution in [1.29, 1.82) is 0 Å². The Morgan fingerprint density at radius 1 is 1.33 bits per heavy atom. The standard InChI is InChI=1S/C16H25N3O.ClH/c1-12(2)15(17)16(20)18-13-7-6-10-19(11-13)14-8-4-3-5-9-14;/h3-5,8-9,12-13,15H,6-7,10-11,17H2,1-2H3,(H,18,20);1H/t13?,15-;/m0./s1. The van der Waals surface area contributed by atoms with Gasteiger partial charge in [-0.25, -0.2) is 0 Å². The maximum atomic E-state index is 12.0. The molecule has 1 saturated heterocycles. The molecule has 2 rings (SSSR count). The number of amides is 1. The monoisotopic (exact) mass is 311 g/mol. The number of halogens is 1. The molecule has 1 heterocycles. The van der Waals surface area contributed by atoms with Crippen LogP contribution in [0.15, 0.2) is 30.3 Å². The first kappa shape index (κ1) is 17.8. The van der Waals surface area contributed by atoms with Gasteiger partial charge in [-0.3, -0.25) is 4.79 Å². The van der Waals surface area contributed by atoms with Gasteiger partial charge in [0.05, 0.1) is 6.04 Å². The van der Waals surface area contributed by atoms with Crippen molar-refractivity contribution in [3.8, 4) is 0 Å². The molecule has 118 valence electrons. The van der Waals surface area contributed by atoms with Crippen molar-refractivity contribution in [1.82, 2.24) is 5.32 Å². The molecule has 1 aliphatic heterocycles. The number of nitrogens with one attached hydrogen (secondary N) is 1. The minimum Gasteiger partial charge on any atom is -0.369 e. The highest BCUT2D eigenvalue weighted by atomic mass is 35.5. The van der Waals surface area contributed by atoms with Crippen molar-refractivity contribution in [2.24, 2.45) is 11.7 Å². The smallest absolute Gasteiger partial charge is 0.237 e. The molecule has 3 N–H and O–H groups in total. The number of anilines is 1. The van der Waals surface area contributed by atoms with E-state index in [1.54, 1.807) is 0 Å². The largest absolute Gasteiger partial charge is 0.369 e. The number of para-hydroxylation sites is 1. The fraction of sp³-hybridized carbons (Fsp3) is 0.562. The van der Waals surface area contributed by atoms with Crippen LogP contribution in [0.2, 0.25) is 0 Å². The Hall–Kier alpha value is -1.26. The Balaban J connectivity index is 0.00000220. The van der Waals surface area contributed by atoms with Gasteiger partial charge in [-0.05, 0) is 30.9 Å². The van der Waals surface area contributed by atoms with Gasteiger partial charge in [0, 0.05) is 24.8 Å². The zero-order valence-corrected chi connectivity index (χ0v) is 13.6. The molecule has 0 spiro atoms. The summed E-state index contributed by atoms with van der Waals surface area (Å²) in [5, 5.41) is 3.09. The Labute approximate surface area is 133 Å². The van der Waals surface area contributed by atoms with Crippen molar-refractivity contribution >= 4 is 24.0 Å². The number of piperidine rings is 1. The molecule has 1 aromatic rings. The van der Waals surface area contributed by atoms with Crippen LogP contribution in [0.4, 0.5) is 5.69 Å². The number of carbonyl (C=O) groups excluding carboxylic acids is 1. The number of rotatable bonds is 4. The first-order valence-electron chi connectivity index (χ1n) is 7.44. The fourth-order valence-corrected chi connectivity index (χ4v) is 2.57. The van der Waals surface area contributed by atoms with Crippen LogP contribution in [-0.4, -0.2) is 31.1 Å². The van der Waals surface area contributed by atoms with Crippen LogP contribution in [0.3, 0.4) is 0 Å². The van der Waals surface area contributed by atoms with E-state index in [1.165, 1.54) is 5.69 Å². The van der Waals surface area contributed by atoms with E-state index in [1.807, 2.05) is 32.0 Å². The number of nitrogens with zero attached hydrogens (tertiary/aromatic N) is 1. The second kappa shape index (κ2) is 8.25. The van der Waals surface area contributed by atoms with Gasteiger partial charge in [-0.2, -0.15) is 0 Å². The molecule has 0 aliphatic carbocycles. The molecule has 1 aliphatic rings. The molecule has 5 heteroatoms. The van der Waals surface area contributed by atoms with Crippen LogP contribution >= 0.6 is 12.4 Å². The second-order valence-electron chi connectivity index (χ2n) is 5.90. The summed E-state index contributed by atoms with van der Waals surface area (Å²) >= 11 is 0. The molecule has 0 aromatic heterocycles. The van der Waals surface area contributed by atoms with E-state index >= 15 is 0 Å². The highest BCUT2D eigenvalue weighted by Crippen LogP contribution is 2.19. The number of hydrogen-bond donors (Lipinski definition) is 2. The van der Waals surface area contributed by atoms with Crippen LogP contribution in [0.5, 0.6) is 0 Å². The molecule has 21 heavy (non-hydrogen) atoms. The molecular formula is C16H26ClN3O. The van der Waals surface area contributed by atoms with Gasteiger partial charge in [-0.1, -0.05) is 32.0 Å². The number of carbonyl (C=O) groups is 1. The number of nitrogens with two attached hydrogens (primary N) is 1. The van der Waals surface area contributed by atoms with Gasteiger partial charge in [0.25, 0.3) is 0 Å². The average molecular weight is 312 g/mol. The maximum absolute atomic E-state index is 12.0. The minimum atomic E-state index is -0.415. The lowest BCUT2D eigenvalue weighted by molar-refractivity contribution is -0.124. The molecule has 0 bridgehead atoms. The Kier molecular flexibility index (Phi) is 6.99. The normalized spacial score (nSPS) is 19.8. The summed E-state index contributed by atoms with van der Waals surface area (Å²) in [6.07, 6.45) is 2.12. The SMILES string of the molecule is CC(C)[C@H](N)C(=O)NC1CCCN(c2ccccc2)C1.Cl. The summed E-state index contributed by atoms with van der Waals surface area (Å²) in [5.74, 6) is 0.142. The summed E-state index contributed by atoms with van der Waals surface area (Å²) in [6.45, 7) is 5.86. The van der Waals surface area contributed by atoms with E-state index in [9.17, 15) is 4.79 Å². The minimum absolute atomic E-state index is 0. The van der Waals surface area contributed by atoms with Crippen LogP contribution < -0.4 is 16.0 Å². The van der Waals surface area contributed by atoms with E-state index in [0.717, 1.165) is 25.9 Å². The highest BCUT2D eigenvalue weighted by Gasteiger charge is 2.24. The Morgan fingerprint density at radius 2 is 2.00 bits per heavy atom. The summed E-state index contributed by atoms with van der Waals surface area (Å²) in [7, 11) is 0. The lowest BCUT2D eigenvalue weighted by Gasteiger charge is -2.35. The zero-order valence-electron chi connectivity index (χ0n) is 12.8. The Bertz CT molecular complexity index is 438. The zero-order chi connectivity index (χ0) is 14.5. The predicted molar refractivity (Wildman–Crippen MR) is 89.9 cm³/mol. The summed E-state index contributed by atoms with van der Waals surface area (Å²) < 4.78 is 0. The van der Waals surface area contributed by atoms with Crippen molar-refractivity contribution < 1.29 is 4.79 Å². The van der Waals surface area contributed by atoms with Crippen LogP contribution in [-0.2, 0) is 4.79 Å². The molecule has 1 aromatic carbocycles.